The minimum Gasteiger partial charge on any atom is -0.484 e. The maximum absolute atomic E-state index is 11.5. The van der Waals surface area contributed by atoms with E-state index in [1.807, 2.05) is 6.07 Å². The van der Waals surface area contributed by atoms with Crippen LogP contribution in [0.2, 0.25) is 0 Å². The van der Waals surface area contributed by atoms with Gasteiger partial charge in [-0.1, -0.05) is 67.2 Å². The number of ether oxygens (including phenoxy) is 1. The number of aryl methyl sites for hydroxylation is 3. The second kappa shape index (κ2) is 14.0. The number of benzene rings is 2. The number of carbonyl (C=O) groups excluding carboxylic acids is 1. The molecule has 0 saturated carbocycles. The third-order valence-electron chi connectivity index (χ3n) is 8.44. The van der Waals surface area contributed by atoms with Gasteiger partial charge in [-0.3, -0.25) is 4.79 Å². The first-order chi connectivity index (χ1) is 17.1. The Kier molecular flexibility index (Phi) is 11.7. The second-order valence-electron chi connectivity index (χ2n) is 11.8. The van der Waals surface area contributed by atoms with Gasteiger partial charge >= 0.3 is 0 Å². The molecule has 3 heteroatoms. The Morgan fingerprint density at radius 3 is 1.84 bits per heavy atom. The van der Waals surface area contributed by atoms with E-state index in [2.05, 4.69) is 65.8 Å². The molecule has 0 fully saturated rings. The van der Waals surface area contributed by atoms with Crippen molar-refractivity contribution in [1.82, 2.24) is 4.90 Å². The molecule has 2 aliphatic rings. The van der Waals surface area contributed by atoms with Gasteiger partial charge in [0.1, 0.15) is 5.75 Å². The molecule has 0 radical (unpaired) electrons. The van der Waals surface area contributed by atoms with Crippen LogP contribution in [0.1, 0.15) is 88.8 Å². The Labute approximate surface area is 228 Å². The normalized spacial score (nSPS) is 16.4. The lowest BCUT2D eigenvalue weighted by Gasteiger charge is -2.27. The first-order valence-electron chi connectivity index (χ1n) is 14.2. The highest BCUT2D eigenvalue weighted by molar-refractivity contribution is 5.77. The van der Waals surface area contributed by atoms with E-state index in [1.165, 1.54) is 43.2 Å². The summed E-state index contributed by atoms with van der Waals surface area (Å²) < 4.78 is 5.60. The highest BCUT2D eigenvalue weighted by Crippen LogP contribution is 2.34. The van der Waals surface area contributed by atoms with Gasteiger partial charge in [0.25, 0.3) is 5.91 Å². The molecule has 0 aromatic heterocycles. The van der Waals surface area contributed by atoms with Gasteiger partial charge in [-0.25, -0.2) is 0 Å². The van der Waals surface area contributed by atoms with Crippen molar-refractivity contribution in [2.24, 2.45) is 23.7 Å². The van der Waals surface area contributed by atoms with Crippen LogP contribution in [0.15, 0.2) is 30.3 Å². The van der Waals surface area contributed by atoms with Crippen molar-refractivity contribution >= 4 is 5.91 Å². The molecule has 0 saturated heterocycles. The lowest BCUT2D eigenvalue weighted by Crippen LogP contribution is -2.27. The maximum Gasteiger partial charge on any atom is 0.259 e. The van der Waals surface area contributed by atoms with Gasteiger partial charge in [0.15, 0.2) is 6.61 Å². The standard InChI is InChI=1S/C17H25NO2.C16H24.CH4/c1-12(2)14-6-5-13-7-8-16(10-15(13)9-14)20-11-17(19)18(3)4;1-5-12-7-15-9-14(11(3)4)10-16(15)8-13(12)6-2;/h7-8,10,12,14H,5-6,9,11H2,1-4H3;7-8,11,14H,5-6,9-10H2,1-4H3;1H4. The highest BCUT2D eigenvalue weighted by Gasteiger charge is 2.25. The molecule has 0 spiro atoms. The van der Waals surface area contributed by atoms with Crippen molar-refractivity contribution in [3.63, 3.8) is 0 Å². The van der Waals surface area contributed by atoms with Crippen LogP contribution in [0.5, 0.6) is 5.75 Å². The number of hydrogen-bond donors (Lipinski definition) is 0. The quantitative estimate of drug-likeness (QED) is 0.384. The predicted octanol–water partition coefficient (Wildman–Crippen LogP) is 7.73. The molecule has 1 amide bonds. The Morgan fingerprint density at radius 2 is 1.35 bits per heavy atom. The average Bonchev–Trinajstić information content (AvgIpc) is 3.29. The monoisotopic (exact) mass is 507 g/mol. The smallest absolute Gasteiger partial charge is 0.259 e. The summed E-state index contributed by atoms with van der Waals surface area (Å²) in [6.45, 7) is 14.0. The lowest BCUT2D eigenvalue weighted by molar-refractivity contribution is -0.130. The highest BCUT2D eigenvalue weighted by atomic mass is 16.5. The molecule has 0 bridgehead atoms. The summed E-state index contributed by atoms with van der Waals surface area (Å²) in [5.41, 5.74) is 9.25. The maximum atomic E-state index is 11.5. The molecule has 0 heterocycles. The van der Waals surface area contributed by atoms with E-state index in [9.17, 15) is 4.79 Å². The molecule has 0 aliphatic heterocycles. The van der Waals surface area contributed by atoms with Crippen molar-refractivity contribution < 1.29 is 9.53 Å². The molecular formula is C34H53NO2. The number of hydrogen-bond acceptors (Lipinski definition) is 2. The molecule has 4 rings (SSSR count). The van der Waals surface area contributed by atoms with Crippen molar-refractivity contribution in [2.75, 3.05) is 20.7 Å². The zero-order valence-electron chi connectivity index (χ0n) is 24.1. The van der Waals surface area contributed by atoms with Crippen LogP contribution in [-0.2, 0) is 43.3 Å². The molecule has 2 aromatic rings. The number of carbonyl (C=O) groups is 1. The first-order valence-corrected chi connectivity index (χ1v) is 14.2. The van der Waals surface area contributed by atoms with Gasteiger partial charge in [-0.05, 0) is 114 Å². The summed E-state index contributed by atoms with van der Waals surface area (Å²) in [4.78, 5) is 13.1. The van der Waals surface area contributed by atoms with Crippen LogP contribution >= 0.6 is 0 Å². The van der Waals surface area contributed by atoms with E-state index in [0.717, 1.165) is 42.3 Å². The fourth-order valence-electron chi connectivity index (χ4n) is 5.63. The molecule has 3 nitrogen and oxygen atoms in total. The molecular weight excluding hydrogens is 454 g/mol. The van der Waals surface area contributed by atoms with Crippen LogP contribution in [0.25, 0.3) is 0 Å². The molecule has 1 atom stereocenters. The molecule has 206 valence electrons. The predicted molar refractivity (Wildman–Crippen MR) is 159 cm³/mol. The van der Waals surface area contributed by atoms with Crippen LogP contribution in [0.4, 0.5) is 0 Å². The van der Waals surface area contributed by atoms with E-state index in [-0.39, 0.29) is 19.9 Å². The van der Waals surface area contributed by atoms with Crippen LogP contribution < -0.4 is 4.74 Å². The molecule has 37 heavy (non-hydrogen) atoms. The average molecular weight is 508 g/mol. The van der Waals surface area contributed by atoms with Gasteiger partial charge in [0, 0.05) is 14.1 Å². The van der Waals surface area contributed by atoms with Crippen molar-refractivity contribution in [3.05, 3.63) is 63.7 Å². The lowest BCUT2D eigenvalue weighted by atomic mass is 9.78. The van der Waals surface area contributed by atoms with Crippen molar-refractivity contribution in [3.8, 4) is 5.75 Å². The summed E-state index contributed by atoms with van der Waals surface area (Å²) >= 11 is 0. The molecule has 1 unspecified atom stereocenters. The first kappa shape index (κ1) is 30.9. The molecule has 2 aromatic carbocycles. The van der Waals surface area contributed by atoms with Gasteiger partial charge in [0.05, 0.1) is 0 Å². The topological polar surface area (TPSA) is 29.5 Å². The third kappa shape index (κ3) is 8.09. The third-order valence-corrected chi connectivity index (χ3v) is 8.44. The second-order valence-corrected chi connectivity index (χ2v) is 11.8. The molecule has 0 N–H and O–H groups in total. The minimum absolute atomic E-state index is 0. The Hall–Kier alpha value is -2.29. The van der Waals surface area contributed by atoms with E-state index >= 15 is 0 Å². The van der Waals surface area contributed by atoms with Gasteiger partial charge < -0.3 is 9.64 Å². The van der Waals surface area contributed by atoms with E-state index in [1.54, 1.807) is 41.2 Å². The summed E-state index contributed by atoms with van der Waals surface area (Å²) in [5.74, 6) is 3.99. The zero-order valence-corrected chi connectivity index (χ0v) is 24.1. The summed E-state index contributed by atoms with van der Waals surface area (Å²) in [5, 5.41) is 0. The molecule has 2 aliphatic carbocycles. The van der Waals surface area contributed by atoms with E-state index < -0.39 is 0 Å². The fraction of sp³-hybridized carbons (Fsp3) is 0.618. The van der Waals surface area contributed by atoms with Crippen LogP contribution in [0, 0.1) is 23.7 Å². The number of amides is 1. The minimum atomic E-state index is -0.0113. The van der Waals surface area contributed by atoms with Crippen molar-refractivity contribution in [2.45, 2.75) is 93.9 Å². The number of rotatable bonds is 7. The van der Waals surface area contributed by atoms with Crippen LogP contribution in [0.3, 0.4) is 0 Å². The number of fused-ring (bicyclic) bond motifs is 2. The number of nitrogens with zero attached hydrogens (tertiary/aromatic N) is 1. The summed E-state index contributed by atoms with van der Waals surface area (Å²) in [6.07, 6.45) is 8.56. The fourth-order valence-corrected chi connectivity index (χ4v) is 5.63. The zero-order chi connectivity index (χ0) is 26.4. The Bertz CT molecular complexity index is 988. The van der Waals surface area contributed by atoms with E-state index in [0.29, 0.717) is 0 Å². The van der Waals surface area contributed by atoms with Crippen LogP contribution in [-0.4, -0.2) is 31.5 Å². The van der Waals surface area contributed by atoms with Gasteiger partial charge in [-0.15, -0.1) is 0 Å². The Balaban J connectivity index is 0.000000259. The summed E-state index contributed by atoms with van der Waals surface area (Å²) in [7, 11) is 3.48. The largest absolute Gasteiger partial charge is 0.484 e. The van der Waals surface area contributed by atoms with Gasteiger partial charge in [-0.2, -0.15) is 0 Å². The number of likely N-dealkylation sites (N-methyl/N-ethyl adjacent to an activating group) is 1. The van der Waals surface area contributed by atoms with Gasteiger partial charge in [0.2, 0.25) is 0 Å². The Morgan fingerprint density at radius 1 is 0.838 bits per heavy atom. The van der Waals surface area contributed by atoms with Crippen molar-refractivity contribution in [1.29, 1.82) is 0 Å². The summed E-state index contributed by atoms with van der Waals surface area (Å²) in [6, 6.07) is 11.2. The van der Waals surface area contributed by atoms with E-state index in [4.69, 9.17) is 4.74 Å². The SMILES string of the molecule is C.CC(C)C1CCc2ccc(OCC(=O)N(C)C)cc2C1.CCc1cc2c(cc1CC)CC(C(C)C)C2.